The van der Waals surface area contributed by atoms with Gasteiger partial charge in [-0.1, -0.05) is 48.0 Å². The van der Waals surface area contributed by atoms with Gasteiger partial charge in [0, 0.05) is 60.4 Å². The minimum Gasteiger partial charge on any atom is -0.493 e. The number of aryl methyl sites for hydroxylation is 1. The summed E-state index contributed by atoms with van der Waals surface area (Å²) in [6.45, 7) is 7.72. The Morgan fingerprint density at radius 1 is 0.981 bits per heavy atom. The second kappa shape index (κ2) is 17.3. The van der Waals surface area contributed by atoms with Gasteiger partial charge in [0.1, 0.15) is 6.23 Å². The molecule has 54 heavy (non-hydrogen) atoms. The highest BCUT2D eigenvalue weighted by atomic mass is 35.5. The van der Waals surface area contributed by atoms with E-state index in [1.54, 1.807) is 48.1 Å². The Bertz CT molecular complexity index is 1930. The van der Waals surface area contributed by atoms with Crippen molar-refractivity contribution in [2.75, 3.05) is 46.9 Å². The second-order valence-corrected chi connectivity index (χ2v) is 15.5. The zero-order valence-corrected chi connectivity index (χ0v) is 32.5. The number of H-pyrrole nitrogens is 1. The summed E-state index contributed by atoms with van der Waals surface area (Å²) >= 11 is 6.19. The quantitative estimate of drug-likeness (QED) is 0.147. The SMILES string of the molecule is COc1cc(C(=O)N2CC3CN(C(=O)Cc4c[nH]c5cc(Cl)ccc45)CC(C(=O)N[C@@H](C)C(O)N(C)CCCc4ccccc4)C3C2)ccc1OC(C)C. The fourth-order valence-electron chi connectivity index (χ4n) is 7.93. The first-order valence-corrected chi connectivity index (χ1v) is 19.2. The Balaban J connectivity index is 1.17. The summed E-state index contributed by atoms with van der Waals surface area (Å²) in [6.07, 6.45) is 2.76. The molecule has 3 N–H and O–H groups in total. The van der Waals surface area contributed by atoms with E-state index in [0.717, 1.165) is 29.3 Å². The number of rotatable bonds is 14. The molecule has 12 heteroatoms. The molecule has 0 bridgehead atoms. The summed E-state index contributed by atoms with van der Waals surface area (Å²) in [4.78, 5) is 50.7. The van der Waals surface area contributed by atoms with Gasteiger partial charge in [0.2, 0.25) is 11.8 Å². The number of aromatic amines is 1. The van der Waals surface area contributed by atoms with Crippen LogP contribution in [-0.2, 0) is 22.4 Å². The first-order chi connectivity index (χ1) is 25.9. The predicted octanol–water partition coefficient (Wildman–Crippen LogP) is 5.39. The van der Waals surface area contributed by atoms with E-state index in [4.69, 9.17) is 21.1 Å². The van der Waals surface area contributed by atoms with Gasteiger partial charge in [-0.3, -0.25) is 19.3 Å². The molecule has 2 fully saturated rings. The molecule has 3 aromatic carbocycles. The first kappa shape index (κ1) is 39.1. The summed E-state index contributed by atoms with van der Waals surface area (Å²) in [5.41, 5.74) is 3.40. The number of hydrogen-bond donors (Lipinski definition) is 3. The molecule has 1 aromatic heterocycles. The molecule has 3 heterocycles. The van der Waals surface area contributed by atoms with E-state index in [2.05, 4.69) is 22.4 Å². The normalized spacial score (nSPS) is 19.5. The van der Waals surface area contributed by atoms with Crippen molar-refractivity contribution in [3.05, 3.63) is 94.6 Å². The number of halogens is 1. The average molecular weight is 758 g/mol. The molecule has 6 rings (SSSR count). The molecule has 0 radical (unpaired) electrons. The van der Waals surface area contributed by atoms with Gasteiger partial charge in [0.05, 0.1) is 31.6 Å². The Labute approximate surface area is 322 Å². The number of ether oxygens (including phenoxy) is 2. The summed E-state index contributed by atoms with van der Waals surface area (Å²) in [5.74, 6) is -0.347. The van der Waals surface area contributed by atoms with Gasteiger partial charge in [-0.15, -0.1) is 0 Å². The minimum absolute atomic E-state index is 0.0609. The number of carbonyl (C=O) groups excluding carboxylic acids is 3. The second-order valence-electron chi connectivity index (χ2n) is 15.0. The van der Waals surface area contributed by atoms with E-state index in [1.807, 2.05) is 62.3 Å². The lowest BCUT2D eigenvalue weighted by Crippen LogP contribution is -2.56. The Kier molecular flexibility index (Phi) is 12.5. The number of fused-ring (bicyclic) bond motifs is 2. The number of aliphatic hydroxyl groups is 1. The van der Waals surface area contributed by atoms with Gasteiger partial charge in [-0.2, -0.15) is 0 Å². The van der Waals surface area contributed by atoms with Crippen molar-refractivity contribution < 1.29 is 29.0 Å². The maximum absolute atomic E-state index is 14.2. The number of aromatic nitrogens is 1. The number of benzene rings is 3. The van der Waals surface area contributed by atoms with Crippen LogP contribution in [0.1, 0.15) is 48.7 Å². The molecule has 0 saturated carbocycles. The van der Waals surface area contributed by atoms with Crippen LogP contribution in [0.5, 0.6) is 11.5 Å². The summed E-state index contributed by atoms with van der Waals surface area (Å²) in [7, 11) is 3.40. The lowest BCUT2D eigenvalue weighted by atomic mass is 9.79. The van der Waals surface area contributed by atoms with Crippen molar-refractivity contribution in [2.45, 2.75) is 58.4 Å². The van der Waals surface area contributed by atoms with Crippen molar-refractivity contribution in [3.63, 3.8) is 0 Å². The summed E-state index contributed by atoms with van der Waals surface area (Å²) < 4.78 is 11.4. The Hall–Kier alpha value is -4.58. The number of methoxy groups -OCH3 is 1. The molecule has 3 amide bonds. The summed E-state index contributed by atoms with van der Waals surface area (Å²) in [5, 5.41) is 15.8. The van der Waals surface area contributed by atoms with Gasteiger partial charge < -0.3 is 34.7 Å². The average Bonchev–Trinajstić information content (AvgIpc) is 3.77. The van der Waals surface area contributed by atoms with Crippen LogP contribution in [0.25, 0.3) is 10.9 Å². The van der Waals surface area contributed by atoms with E-state index in [-0.39, 0.29) is 48.6 Å². The zero-order chi connectivity index (χ0) is 38.5. The number of amides is 3. The third kappa shape index (κ3) is 9.02. The van der Waals surface area contributed by atoms with Crippen molar-refractivity contribution >= 4 is 40.2 Å². The third-order valence-corrected chi connectivity index (χ3v) is 11.0. The Morgan fingerprint density at radius 3 is 2.48 bits per heavy atom. The molecular weight excluding hydrogens is 706 g/mol. The molecular formula is C42H52ClN5O6. The van der Waals surface area contributed by atoms with Crippen LogP contribution in [0.3, 0.4) is 0 Å². The number of carbonyl (C=O) groups is 3. The number of hydrogen-bond acceptors (Lipinski definition) is 7. The number of nitrogens with one attached hydrogen (secondary N) is 2. The van der Waals surface area contributed by atoms with E-state index >= 15 is 0 Å². The maximum atomic E-state index is 14.2. The highest BCUT2D eigenvalue weighted by Crippen LogP contribution is 2.38. The lowest BCUT2D eigenvalue weighted by molar-refractivity contribution is -0.139. The largest absolute Gasteiger partial charge is 0.493 e. The van der Waals surface area contributed by atoms with Gasteiger partial charge in [0.25, 0.3) is 5.91 Å². The predicted molar refractivity (Wildman–Crippen MR) is 210 cm³/mol. The highest BCUT2D eigenvalue weighted by molar-refractivity contribution is 6.31. The molecule has 11 nitrogen and oxygen atoms in total. The molecule has 2 saturated heterocycles. The highest BCUT2D eigenvalue weighted by Gasteiger charge is 2.48. The van der Waals surface area contributed by atoms with E-state index in [9.17, 15) is 19.5 Å². The molecule has 288 valence electrons. The van der Waals surface area contributed by atoms with Crippen LogP contribution >= 0.6 is 11.6 Å². The molecule has 0 spiro atoms. The lowest BCUT2D eigenvalue weighted by Gasteiger charge is -2.40. The molecule has 4 aromatic rings. The molecule has 5 atom stereocenters. The van der Waals surface area contributed by atoms with Gasteiger partial charge in [-0.25, -0.2) is 0 Å². The van der Waals surface area contributed by atoms with Crippen LogP contribution in [-0.4, -0.2) is 108 Å². The number of likely N-dealkylation sites (N-methyl/N-ethyl adjacent to an activating group) is 1. The maximum Gasteiger partial charge on any atom is 0.254 e. The molecule has 2 aliphatic rings. The molecule has 4 unspecified atom stereocenters. The van der Waals surface area contributed by atoms with Crippen LogP contribution in [0, 0.1) is 17.8 Å². The Morgan fingerprint density at radius 2 is 1.74 bits per heavy atom. The number of piperidine rings is 1. The van der Waals surface area contributed by atoms with Crippen LogP contribution in [0.2, 0.25) is 5.02 Å². The van der Waals surface area contributed by atoms with Crippen LogP contribution in [0.4, 0.5) is 0 Å². The van der Waals surface area contributed by atoms with Crippen molar-refractivity contribution in [1.82, 2.24) is 25.0 Å². The van der Waals surface area contributed by atoms with Gasteiger partial charge in [0.15, 0.2) is 11.5 Å². The van der Waals surface area contributed by atoms with Crippen LogP contribution < -0.4 is 14.8 Å². The first-order valence-electron chi connectivity index (χ1n) is 18.8. The van der Waals surface area contributed by atoms with Crippen molar-refractivity contribution in [1.29, 1.82) is 0 Å². The number of nitrogens with zero attached hydrogens (tertiary/aromatic N) is 3. The topological polar surface area (TPSA) is 127 Å². The number of aliphatic hydroxyl groups excluding tert-OH is 1. The van der Waals surface area contributed by atoms with Gasteiger partial charge >= 0.3 is 0 Å². The zero-order valence-electron chi connectivity index (χ0n) is 31.8. The number of likely N-dealkylation sites (tertiary alicyclic amines) is 2. The van der Waals surface area contributed by atoms with E-state index in [0.29, 0.717) is 48.3 Å². The smallest absolute Gasteiger partial charge is 0.254 e. The minimum atomic E-state index is -0.906. The molecule has 2 aliphatic heterocycles. The summed E-state index contributed by atoms with van der Waals surface area (Å²) in [6, 6.07) is 20.4. The van der Waals surface area contributed by atoms with Gasteiger partial charge in [-0.05, 0) is 94.0 Å². The monoisotopic (exact) mass is 757 g/mol. The van der Waals surface area contributed by atoms with E-state index < -0.39 is 18.2 Å². The standard InChI is InChI=1S/C42H52ClN5O6/c1-26(2)54-37-16-13-29(18-38(37)53-5)42(52)48-23-31-22-47(39(49)19-30-21-44-36-20-32(43)14-15-33(30)36)25-35(34(31)24-48)40(50)45-27(3)41(51)46(4)17-9-12-28-10-7-6-8-11-28/h6-8,10-11,13-16,18,20-21,26-27,31,34-35,41,44,51H,9,12,17,19,22-25H2,1-5H3,(H,45,50)/t27-,31?,34?,35?,41?/m0/s1. The van der Waals surface area contributed by atoms with Crippen molar-refractivity contribution in [3.8, 4) is 11.5 Å². The van der Waals surface area contributed by atoms with Crippen LogP contribution in [0.15, 0.2) is 72.9 Å². The fourth-order valence-corrected chi connectivity index (χ4v) is 8.11. The molecule has 0 aliphatic carbocycles. The van der Waals surface area contributed by atoms with Crippen molar-refractivity contribution in [2.24, 2.45) is 17.8 Å². The van der Waals surface area contributed by atoms with E-state index in [1.165, 1.54) is 5.56 Å². The fraction of sp³-hybridized carbons (Fsp3) is 0.452. The third-order valence-electron chi connectivity index (χ3n) is 10.8.